The molecule has 0 aliphatic carbocycles. The molecule has 1 unspecified atom stereocenters. The molecule has 0 spiro atoms. The van der Waals surface area contributed by atoms with Gasteiger partial charge in [-0.25, -0.2) is 5.84 Å². The smallest absolute Gasteiger partial charge is 0.253 e. The Labute approximate surface area is 129 Å². The Morgan fingerprint density at radius 1 is 1.43 bits per heavy atom. The number of amides is 1. The number of methoxy groups -OCH3 is 1. The maximum Gasteiger partial charge on any atom is 0.253 e. The summed E-state index contributed by atoms with van der Waals surface area (Å²) < 4.78 is 5.12. The molecule has 1 aromatic rings. The topological polar surface area (TPSA) is 70.8 Å². The molecule has 1 heterocycles. The van der Waals surface area contributed by atoms with Crippen LogP contribution in [0.25, 0.3) is 0 Å². The quantitative estimate of drug-likeness (QED) is 0.470. The molecule has 1 aliphatic rings. The van der Waals surface area contributed by atoms with Gasteiger partial charge in [-0.15, -0.1) is 0 Å². The highest BCUT2D eigenvalue weighted by Gasteiger charge is 2.28. The Balaban J connectivity index is 1.97. The van der Waals surface area contributed by atoms with Crippen molar-refractivity contribution in [2.75, 3.05) is 44.8 Å². The molecule has 0 saturated carbocycles. The number of nitrogens with two attached hydrogens (primary N) is 1. The largest absolute Gasteiger partial charge is 0.383 e. The lowest BCUT2D eigenvalue weighted by Gasteiger charge is -2.39. The van der Waals surface area contributed by atoms with Gasteiger partial charge in [0.15, 0.2) is 0 Å². The predicted molar refractivity (Wildman–Crippen MR) is 83.2 cm³/mol. The first kappa shape index (κ1) is 16.0. The molecule has 1 fully saturated rings. The van der Waals surface area contributed by atoms with Crippen LogP contribution in [0.4, 0.5) is 5.69 Å². The Bertz CT molecular complexity index is 478. The number of nitrogens with one attached hydrogen (secondary N) is 1. The summed E-state index contributed by atoms with van der Waals surface area (Å²) in [7, 11) is 1.58. The highest BCUT2D eigenvalue weighted by atomic mass is 35.5. The van der Waals surface area contributed by atoms with Crippen molar-refractivity contribution in [3.05, 3.63) is 29.3 Å². The van der Waals surface area contributed by atoms with Gasteiger partial charge in [0.05, 0.1) is 6.61 Å². The third kappa shape index (κ3) is 4.07. The summed E-state index contributed by atoms with van der Waals surface area (Å²) in [5, 5.41) is 0.731. The number of halogens is 1. The molecule has 0 bridgehead atoms. The fraction of sp³-hybridized carbons (Fsp3) is 0.500. The van der Waals surface area contributed by atoms with Gasteiger partial charge in [-0.1, -0.05) is 17.7 Å². The zero-order valence-electron chi connectivity index (χ0n) is 12.1. The fourth-order valence-corrected chi connectivity index (χ4v) is 2.75. The van der Waals surface area contributed by atoms with Crippen LogP contribution < -0.4 is 16.2 Å². The van der Waals surface area contributed by atoms with Crippen LogP contribution in [0.3, 0.4) is 0 Å². The first-order valence-electron chi connectivity index (χ1n) is 6.89. The molecular weight excluding hydrogens is 292 g/mol. The van der Waals surface area contributed by atoms with E-state index in [2.05, 4.69) is 15.2 Å². The van der Waals surface area contributed by atoms with E-state index in [-0.39, 0.29) is 11.9 Å². The molecule has 6 nitrogen and oxygen atoms in total. The van der Waals surface area contributed by atoms with Crippen LogP contribution in [-0.4, -0.2) is 56.7 Å². The first-order chi connectivity index (χ1) is 10.2. The predicted octanol–water partition coefficient (Wildman–Crippen LogP) is 0.467. The molecule has 116 valence electrons. The van der Waals surface area contributed by atoms with E-state index < -0.39 is 0 Å². The third-order valence-electron chi connectivity index (χ3n) is 3.70. The summed E-state index contributed by atoms with van der Waals surface area (Å²) >= 11 is 6.02. The van der Waals surface area contributed by atoms with E-state index in [4.69, 9.17) is 22.2 Å². The maximum atomic E-state index is 11.8. The Kier molecular flexibility index (Phi) is 5.81. The van der Waals surface area contributed by atoms with E-state index in [1.165, 1.54) is 0 Å². The summed E-state index contributed by atoms with van der Waals surface area (Å²) in [5.41, 5.74) is 3.31. The van der Waals surface area contributed by atoms with Crippen LogP contribution in [0, 0.1) is 0 Å². The highest BCUT2D eigenvalue weighted by Crippen LogP contribution is 2.21. The number of hydrazine groups is 1. The van der Waals surface area contributed by atoms with E-state index >= 15 is 0 Å². The molecular formula is C14H21ClN4O2. The summed E-state index contributed by atoms with van der Waals surface area (Å²) in [6.45, 7) is 3.54. The number of carbonyl (C=O) groups is 1. The Hall–Kier alpha value is -1.34. The number of benzene rings is 1. The number of piperazine rings is 1. The monoisotopic (exact) mass is 312 g/mol. The van der Waals surface area contributed by atoms with Crippen LogP contribution in [0.15, 0.2) is 24.3 Å². The molecule has 21 heavy (non-hydrogen) atoms. The summed E-state index contributed by atoms with van der Waals surface area (Å²) in [5.74, 6) is 5.02. The molecule has 0 radical (unpaired) electrons. The van der Waals surface area contributed by atoms with Crippen LogP contribution in [0.2, 0.25) is 5.02 Å². The lowest BCUT2D eigenvalue weighted by Crippen LogP contribution is -2.57. The van der Waals surface area contributed by atoms with E-state index in [0.29, 0.717) is 6.61 Å². The fourth-order valence-electron chi connectivity index (χ4n) is 2.57. The normalized spacial score (nSPS) is 17.6. The zero-order valence-corrected chi connectivity index (χ0v) is 12.8. The zero-order chi connectivity index (χ0) is 15.2. The second-order valence-electron chi connectivity index (χ2n) is 4.98. The molecule has 1 amide bonds. The number of rotatable bonds is 5. The van der Waals surface area contributed by atoms with Crippen LogP contribution in [0.5, 0.6) is 0 Å². The molecule has 1 atom stereocenters. The second-order valence-corrected chi connectivity index (χ2v) is 5.42. The summed E-state index contributed by atoms with van der Waals surface area (Å²) in [6, 6.07) is 7.46. The average Bonchev–Trinajstić information content (AvgIpc) is 2.52. The number of hydrogen-bond acceptors (Lipinski definition) is 5. The number of ether oxygens (including phenoxy) is 1. The van der Waals surface area contributed by atoms with Crippen molar-refractivity contribution >= 4 is 23.2 Å². The SMILES string of the molecule is COCC(C(=O)NN)N1CCN(c2cccc(Cl)c2)CC1. The Morgan fingerprint density at radius 3 is 2.71 bits per heavy atom. The summed E-state index contributed by atoms with van der Waals surface area (Å²) in [6.07, 6.45) is 0. The van der Waals surface area contributed by atoms with Crippen LogP contribution >= 0.6 is 11.6 Å². The van der Waals surface area contributed by atoms with Crippen LogP contribution in [-0.2, 0) is 9.53 Å². The number of hydrogen-bond donors (Lipinski definition) is 2. The minimum absolute atomic E-state index is 0.215. The molecule has 1 aromatic carbocycles. The van der Waals surface area contributed by atoms with E-state index in [1.807, 2.05) is 24.3 Å². The molecule has 2 rings (SSSR count). The first-order valence-corrected chi connectivity index (χ1v) is 7.27. The minimum Gasteiger partial charge on any atom is -0.383 e. The summed E-state index contributed by atoms with van der Waals surface area (Å²) in [4.78, 5) is 16.2. The average molecular weight is 313 g/mol. The molecule has 0 aromatic heterocycles. The standard InChI is InChI=1S/C14H21ClN4O2/c1-21-10-13(14(20)17-16)19-7-5-18(6-8-19)12-4-2-3-11(15)9-12/h2-4,9,13H,5-8,10,16H2,1H3,(H,17,20). The van der Waals surface area contributed by atoms with Gasteiger partial charge in [0.2, 0.25) is 0 Å². The van der Waals surface area contributed by atoms with E-state index in [0.717, 1.165) is 36.9 Å². The van der Waals surface area contributed by atoms with Gasteiger partial charge in [-0.2, -0.15) is 0 Å². The van der Waals surface area contributed by atoms with Gasteiger partial charge in [-0.05, 0) is 18.2 Å². The van der Waals surface area contributed by atoms with Gasteiger partial charge in [0, 0.05) is 44.0 Å². The minimum atomic E-state index is -0.346. The van der Waals surface area contributed by atoms with Gasteiger partial charge >= 0.3 is 0 Å². The highest BCUT2D eigenvalue weighted by molar-refractivity contribution is 6.30. The van der Waals surface area contributed by atoms with E-state index in [1.54, 1.807) is 7.11 Å². The van der Waals surface area contributed by atoms with Gasteiger partial charge in [-0.3, -0.25) is 15.1 Å². The maximum absolute atomic E-state index is 11.8. The van der Waals surface area contributed by atoms with Crippen molar-refractivity contribution in [2.45, 2.75) is 6.04 Å². The van der Waals surface area contributed by atoms with Crippen LogP contribution in [0.1, 0.15) is 0 Å². The molecule has 1 aliphatic heterocycles. The second kappa shape index (κ2) is 7.61. The van der Waals surface area contributed by atoms with E-state index in [9.17, 15) is 4.79 Å². The van der Waals surface area contributed by atoms with Crippen molar-refractivity contribution in [1.29, 1.82) is 0 Å². The van der Waals surface area contributed by atoms with Crippen molar-refractivity contribution in [3.8, 4) is 0 Å². The van der Waals surface area contributed by atoms with Gasteiger partial charge in [0.25, 0.3) is 5.91 Å². The van der Waals surface area contributed by atoms with Crippen molar-refractivity contribution < 1.29 is 9.53 Å². The molecule has 3 N–H and O–H groups in total. The number of anilines is 1. The number of carbonyl (C=O) groups excluding carboxylic acids is 1. The molecule has 1 saturated heterocycles. The van der Waals surface area contributed by atoms with Crippen molar-refractivity contribution in [2.24, 2.45) is 5.84 Å². The lowest BCUT2D eigenvalue weighted by molar-refractivity contribution is -0.128. The number of nitrogens with zero attached hydrogens (tertiary/aromatic N) is 2. The molecule has 7 heteroatoms. The third-order valence-corrected chi connectivity index (χ3v) is 3.93. The van der Waals surface area contributed by atoms with Gasteiger partial charge in [0.1, 0.15) is 6.04 Å². The van der Waals surface area contributed by atoms with Crippen molar-refractivity contribution in [3.63, 3.8) is 0 Å². The Morgan fingerprint density at radius 2 is 2.14 bits per heavy atom. The van der Waals surface area contributed by atoms with Gasteiger partial charge < -0.3 is 9.64 Å². The van der Waals surface area contributed by atoms with Crippen molar-refractivity contribution in [1.82, 2.24) is 10.3 Å². The lowest BCUT2D eigenvalue weighted by atomic mass is 10.2.